The van der Waals surface area contributed by atoms with E-state index in [1.54, 1.807) is 24.4 Å². The summed E-state index contributed by atoms with van der Waals surface area (Å²) in [5.74, 6) is 6.54. The first-order valence-corrected chi connectivity index (χ1v) is 7.89. The van der Waals surface area contributed by atoms with Gasteiger partial charge in [0.25, 0.3) is 0 Å². The number of aryl methyl sites for hydroxylation is 1. The summed E-state index contributed by atoms with van der Waals surface area (Å²) in [4.78, 5) is 16.9. The van der Waals surface area contributed by atoms with Crippen molar-refractivity contribution in [2.24, 2.45) is 5.84 Å². The Morgan fingerprint density at radius 1 is 1.50 bits per heavy atom. The molecule has 0 spiro atoms. The molecule has 0 amide bonds. The minimum absolute atomic E-state index is 0.119. The topological polar surface area (TPSA) is 98.9 Å². The molecule has 7 heteroatoms. The van der Waals surface area contributed by atoms with Crippen LogP contribution >= 0.6 is 0 Å². The van der Waals surface area contributed by atoms with Crippen molar-refractivity contribution in [2.45, 2.75) is 40.5 Å². The van der Waals surface area contributed by atoms with Crippen LogP contribution in [0.1, 0.15) is 55.2 Å². The molecule has 0 aliphatic carbocycles. The highest BCUT2D eigenvalue weighted by atomic mass is 16.5. The van der Waals surface area contributed by atoms with Crippen molar-refractivity contribution < 1.29 is 9.53 Å². The lowest BCUT2D eigenvalue weighted by molar-refractivity contribution is 0.0527. The number of hydrogen-bond acceptors (Lipinski definition) is 6. The average molecular weight is 331 g/mol. The highest BCUT2D eigenvalue weighted by molar-refractivity contribution is 5.99. The predicted molar refractivity (Wildman–Crippen MR) is 95.9 cm³/mol. The van der Waals surface area contributed by atoms with E-state index in [1.165, 1.54) is 5.01 Å². The smallest absolute Gasteiger partial charge is 0.342 e. The van der Waals surface area contributed by atoms with Crippen LogP contribution in [-0.4, -0.2) is 22.0 Å². The number of nitrogens with two attached hydrogens (primary N) is 2. The first-order chi connectivity index (χ1) is 11.2. The maximum atomic E-state index is 12.3. The van der Waals surface area contributed by atoms with Gasteiger partial charge in [0.2, 0.25) is 0 Å². The molecule has 0 saturated heterocycles. The lowest BCUT2D eigenvalue weighted by Crippen LogP contribution is -2.29. The summed E-state index contributed by atoms with van der Waals surface area (Å²) >= 11 is 0. The van der Waals surface area contributed by atoms with Crippen LogP contribution < -0.4 is 16.6 Å². The predicted octanol–water partition coefficient (Wildman–Crippen LogP) is 2.74. The number of hydrogen-bond donors (Lipinski definition) is 2. The number of carbonyl (C=O) groups is 1. The van der Waals surface area contributed by atoms with Crippen molar-refractivity contribution >= 4 is 23.1 Å². The molecular weight excluding hydrogens is 306 g/mol. The molecule has 7 nitrogen and oxygen atoms in total. The fraction of sp³-hybridized carbons (Fsp3) is 0.412. The second-order valence-corrected chi connectivity index (χ2v) is 6.07. The number of nitrogens with zero attached hydrogens (tertiary/aromatic N) is 3. The van der Waals surface area contributed by atoms with E-state index < -0.39 is 5.97 Å². The molecule has 0 radical (unpaired) electrons. The van der Waals surface area contributed by atoms with Gasteiger partial charge < -0.3 is 10.5 Å². The van der Waals surface area contributed by atoms with Gasteiger partial charge in [0.1, 0.15) is 11.4 Å². The third-order valence-electron chi connectivity index (χ3n) is 3.89. The number of nitrogen functional groups attached to an aromatic ring is 1. The van der Waals surface area contributed by atoms with Crippen LogP contribution in [0.15, 0.2) is 18.5 Å². The molecule has 0 bridgehead atoms. The van der Waals surface area contributed by atoms with Crippen molar-refractivity contribution in [1.82, 2.24) is 9.38 Å². The van der Waals surface area contributed by atoms with Crippen molar-refractivity contribution in [3.63, 3.8) is 0 Å². The number of ether oxygens (including phenoxy) is 1. The molecule has 130 valence electrons. The van der Waals surface area contributed by atoms with Gasteiger partial charge in [-0.3, -0.25) is 9.41 Å². The molecule has 4 N–H and O–H groups in total. The SMILES string of the molecule is C=C(C)N(N)c1cn2c(N)c(C(=O)OCC)c(C)c2c(C(C)C)n1. The van der Waals surface area contributed by atoms with Crippen LogP contribution in [0.2, 0.25) is 0 Å². The van der Waals surface area contributed by atoms with E-state index in [1.807, 2.05) is 20.8 Å². The highest BCUT2D eigenvalue weighted by Crippen LogP contribution is 2.32. The van der Waals surface area contributed by atoms with E-state index in [0.29, 0.717) is 22.9 Å². The molecule has 0 unspecified atom stereocenters. The number of anilines is 2. The van der Waals surface area contributed by atoms with Crippen LogP contribution in [0.3, 0.4) is 0 Å². The van der Waals surface area contributed by atoms with E-state index in [0.717, 1.165) is 16.8 Å². The molecule has 0 fully saturated rings. The second kappa shape index (κ2) is 6.52. The van der Waals surface area contributed by atoms with Crippen LogP contribution in [-0.2, 0) is 4.74 Å². The Kier molecular flexibility index (Phi) is 4.84. The average Bonchev–Trinajstić information content (AvgIpc) is 2.77. The zero-order chi connectivity index (χ0) is 18.2. The van der Waals surface area contributed by atoms with Crippen molar-refractivity contribution in [2.75, 3.05) is 17.3 Å². The first kappa shape index (κ1) is 17.8. The number of allylic oxidation sites excluding steroid dienone is 1. The molecule has 0 saturated carbocycles. The molecule has 2 heterocycles. The summed E-state index contributed by atoms with van der Waals surface area (Å²) in [5.41, 5.74) is 9.63. The third kappa shape index (κ3) is 2.82. The minimum atomic E-state index is -0.433. The standard InChI is InChI=1S/C17H25N5O2/c1-7-24-17(23)13-11(6)15-14(9(2)3)20-12(22(19)10(4)5)8-21(15)16(13)18/h8-9H,4,7,18-19H2,1-3,5-6H3. The number of esters is 1. The van der Waals surface area contributed by atoms with E-state index in [2.05, 4.69) is 11.6 Å². The van der Waals surface area contributed by atoms with Gasteiger partial charge in [-0.15, -0.1) is 0 Å². The van der Waals surface area contributed by atoms with Gasteiger partial charge >= 0.3 is 5.97 Å². The molecule has 0 atom stereocenters. The van der Waals surface area contributed by atoms with E-state index in [4.69, 9.17) is 16.3 Å². The Bertz CT molecular complexity index is 807. The van der Waals surface area contributed by atoms with Gasteiger partial charge in [0.05, 0.1) is 24.0 Å². The first-order valence-electron chi connectivity index (χ1n) is 7.89. The van der Waals surface area contributed by atoms with Gasteiger partial charge in [0, 0.05) is 5.70 Å². The summed E-state index contributed by atoms with van der Waals surface area (Å²) in [6.07, 6.45) is 1.71. The summed E-state index contributed by atoms with van der Waals surface area (Å²) in [6, 6.07) is 0. The van der Waals surface area contributed by atoms with Crippen molar-refractivity contribution in [1.29, 1.82) is 0 Å². The number of aromatic nitrogens is 2. The lowest BCUT2D eigenvalue weighted by atomic mass is 10.1. The molecular formula is C17H25N5O2. The normalized spacial score (nSPS) is 11.1. The second-order valence-electron chi connectivity index (χ2n) is 6.07. The zero-order valence-corrected chi connectivity index (χ0v) is 14.9. The summed E-state index contributed by atoms with van der Waals surface area (Å²) < 4.78 is 6.89. The highest BCUT2D eigenvalue weighted by Gasteiger charge is 2.25. The molecule has 0 aromatic carbocycles. The number of rotatable bonds is 5. The maximum absolute atomic E-state index is 12.3. The lowest BCUT2D eigenvalue weighted by Gasteiger charge is -2.20. The number of fused-ring (bicyclic) bond motifs is 1. The Hall–Kier alpha value is -2.54. The minimum Gasteiger partial charge on any atom is -0.462 e. The van der Waals surface area contributed by atoms with Crippen LogP contribution in [0.4, 0.5) is 11.6 Å². The maximum Gasteiger partial charge on any atom is 0.342 e. The van der Waals surface area contributed by atoms with Crippen molar-refractivity contribution in [3.05, 3.63) is 35.3 Å². The van der Waals surface area contributed by atoms with Gasteiger partial charge in [0.15, 0.2) is 5.82 Å². The summed E-state index contributed by atoms with van der Waals surface area (Å²) in [6.45, 7) is 13.6. The molecule has 0 aliphatic rings. The van der Waals surface area contributed by atoms with Crippen LogP contribution in [0.5, 0.6) is 0 Å². The van der Waals surface area contributed by atoms with Crippen molar-refractivity contribution in [3.8, 4) is 0 Å². The Morgan fingerprint density at radius 2 is 2.12 bits per heavy atom. The van der Waals surface area contributed by atoms with E-state index in [9.17, 15) is 4.79 Å². The molecule has 2 aromatic rings. The van der Waals surface area contributed by atoms with Crippen LogP contribution in [0.25, 0.3) is 5.52 Å². The largest absolute Gasteiger partial charge is 0.462 e. The summed E-state index contributed by atoms with van der Waals surface area (Å²) in [7, 11) is 0. The fourth-order valence-electron chi connectivity index (χ4n) is 2.68. The molecule has 2 aromatic heterocycles. The fourth-order valence-corrected chi connectivity index (χ4v) is 2.68. The summed E-state index contributed by atoms with van der Waals surface area (Å²) in [5, 5.41) is 1.39. The number of hydrazine groups is 1. The zero-order valence-electron chi connectivity index (χ0n) is 14.9. The number of carbonyl (C=O) groups excluding carboxylic acids is 1. The quantitative estimate of drug-likeness (QED) is 0.496. The molecule has 24 heavy (non-hydrogen) atoms. The Morgan fingerprint density at radius 3 is 2.62 bits per heavy atom. The van der Waals surface area contributed by atoms with Gasteiger partial charge in [-0.1, -0.05) is 20.4 Å². The van der Waals surface area contributed by atoms with Gasteiger partial charge in [-0.2, -0.15) is 0 Å². The third-order valence-corrected chi connectivity index (χ3v) is 3.89. The van der Waals surface area contributed by atoms with E-state index >= 15 is 0 Å². The van der Waals surface area contributed by atoms with Gasteiger partial charge in [-0.25, -0.2) is 15.6 Å². The molecule has 2 rings (SSSR count). The monoisotopic (exact) mass is 331 g/mol. The van der Waals surface area contributed by atoms with Gasteiger partial charge in [-0.05, 0) is 32.3 Å². The Balaban J connectivity index is 2.83. The Labute approximate surface area is 141 Å². The van der Waals surface area contributed by atoms with Crippen LogP contribution in [0, 0.1) is 6.92 Å². The molecule has 0 aliphatic heterocycles. The van der Waals surface area contributed by atoms with E-state index in [-0.39, 0.29) is 12.5 Å².